The van der Waals surface area contributed by atoms with Crippen LogP contribution in [0.5, 0.6) is 0 Å². The van der Waals surface area contributed by atoms with Gasteiger partial charge in [-0.2, -0.15) is 5.26 Å². The first-order chi connectivity index (χ1) is 8.26. The zero-order valence-electron chi connectivity index (χ0n) is 10.3. The monoisotopic (exact) mass is 252 g/mol. The van der Waals surface area contributed by atoms with Crippen molar-refractivity contribution in [2.24, 2.45) is 0 Å². The normalized spacial score (nSPS) is 10.2. The van der Waals surface area contributed by atoms with Crippen molar-refractivity contribution >= 4 is 11.8 Å². The molecule has 0 aromatic carbocycles. The summed E-state index contributed by atoms with van der Waals surface area (Å²) in [4.78, 5) is 4.48. The van der Waals surface area contributed by atoms with Crippen LogP contribution in [0.4, 0.5) is 0 Å². The van der Waals surface area contributed by atoms with Crippen LogP contribution in [0, 0.1) is 11.3 Å². The topological polar surface area (TPSA) is 55.1 Å². The minimum Gasteiger partial charge on any atom is -0.359 e. The summed E-state index contributed by atoms with van der Waals surface area (Å²) in [5.74, 6) is 0. The standard InChI is InChI=1S/C12H16N2O2S/c1-4-11-10(7-16-8-15-2)5-9(6-13)12(14-11)17-3/h5H,4,7-8H2,1-3H3. The first-order valence-electron chi connectivity index (χ1n) is 5.30. The van der Waals surface area contributed by atoms with Gasteiger partial charge in [-0.1, -0.05) is 6.92 Å². The Balaban J connectivity index is 2.98. The SMILES string of the molecule is CCc1nc(SC)c(C#N)cc1COCOC. The minimum atomic E-state index is 0.245. The maximum absolute atomic E-state index is 9.04. The predicted octanol–water partition coefficient (Wildman–Crippen LogP) is 2.36. The third kappa shape index (κ3) is 3.70. The van der Waals surface area contributed by atoms with E-state index in [9.17, 15) is 0 Å². The van der Waals surface area contributed by atoms with Crippen molar-refractivity contribution in [1.82, 2.24) is 4.98 Å². The zero-order valence-corrected chi connectivity index (χ0v) is 11.1. The van der Waals surface area contributed by atoms with E-state index in [1.165, 1.54) is 11.8 Å². The minimum absolute atomic E-state index is 0.245. The smallest absolute Gasteiger partial charge is 0.146 e. The second-order valence-electron chi connectivity index (χ2n) is 3.37. The Bertz CT molecular complexity index is 416. The van der Waals surface area contributed by atoms with E-state index in [0.29, 0.717) is 12.2 Å². The largest absolute Gasteiger partial charge is 0.359 e. The van der Waals surface area contributed by atoms with Gasteiger partial charge in [0.15, 0.2) is 0 Å². The Labute approximate surface area is 106 Å². The zero-order chi connectivity index (χ0) is 12.7. The first kappa shape index (κ1) is 14.0. The van der Waals surface area contributed by atoms with Crippen LogP contribution in [0.15, 0.2) is 11.1 Å². The Hall–Kier alpha value is -1.09. The Morgan fingerprint density at radius 3 is 2.82 bits per heavy atom. The van der Waals surface area contributed by atoms with Gasteiger partial charge in [-0.3, -0.25) is 0 Å². The van der Waals surface area contributed by atoms with Crippen LogP contribution in [0.2, 0.25) is 0 Å². The molecule has 0 bridgehead atoms. The van der Waals surface area contributed by atoms with Crippen molar-refractivity contribution in [1.29, 1.82) is 5.26 Å². The second kappa shape index (κ2) is 7.28. The van der Waals surface area contributed by atoms with E-state index in [4.69, 9.17) is 14.7 Å². The second-order valence-corrected chi connectivity index (χ2v) is 4.17. The lowest BCUT2D eigenvalue weighted by Gasteiger charge is -2.10. The molecule has 1 aromatic rings. The van der Waals surface area contributed by atoms with E-state index >= 15 is 0 Å². The molecule has 17 heavy (non-hydrogen) atoms. The Morgan fingerprint density at radius 1 is 1.53 bits per heavy atom. The molecular formula is C12H16N2O2S. The number of ether oxygens (including phenoxy) is 2. The molecular weight excluding hydrogens is 236 g/mol. The summed E-state index contributed by atoms with van der Waals surface area (Å²) in [5.41, 5.74) is 2.54. The molecule has 0 saturated heterocycles. The molecule has 0 unspecified atom stereocenters. The predicted molar refractivity (Wildman–Crippen MR) is 66.8 cm³/mol. The highest BCUT2D eigenvalue weighted by molar-refractivity contribution is 7.98. The number of hydrogen-bond donors (Lipinski definition) is 0. The van der Waals surface area contributed by atoms with Gasteiger partial charge in [0.1, 0.15) is 17.9 Å². The summed E-state index contributed by atoms with van der Waals surface area (Å²) in [5, 5.41) is 9.82. The van der Waals surface area contributed by atoms with Crippen LogP contribution < -0.4 is 0 Å². The van der Waals surface area contributed by atoms with Crippen molar-refractivity contribution in [2.45, 2.75) is 25.0 Å². The van der Waals surface area contributed by atoms with E-state index in [0.717, 1.165) is 22.7 Å². The average Bonchev–Trinajstić information content (AvgIpc) is 2.38. The van der Waals surface area contributed by atoms with Gasteiger partial charge >= 0.3 is 0 Å². The highest BCUT2D eigenvalue weighted by Gasteiger charge is 2.10. The molecule has 0 aliphatic rings. The molecule has 0 radical (unpaired) electrons. The fraction of sp³-hybridized carbons (Fsp3) is 0.500. The quantitative estimate of drug-likeness (QED) is 0.442. The fourth-order valence-electron chi connectivity index (χ4n) is 1.48. The molecule has 0 atom stereocenters. The lowest BCUT2D eigenvalue weighted by molar-refractivity contribution is -0.0393. The highest BCUT2D eigenvalue weighted by Crippen LogP contribution is 2.21. The molecule has 92 valence electrons. The molecule has 1 heterocycles. The van der Waals surface area contributed by atoms with Crippen molar-refractivity contribution in [2.75, 3.05) is 20.2 Å². The van der Waals surface area contributed by atoms with Crippen LogP contribution in [0.1, 0.15) is 23.7 Å². The van der Waals surface area contributed by atoms with Crippen molar-refractivity contribution in [3.05, 3.63) is 22.9 Å². The lowest BCUT2D eigenvalue weighted by atomic mass is 10.1. The first-order valence-corrected chi connectivity index (χ1v) is 6.52. The van der Waals surface area contributed by atoms with E-state index < -0.39 is 0 Å². The molecule has 0 saturated carbocycles. The van der Waals surface area contributed by atoms with Gasteiger partial charge < -0.3 is 9.47 Å². The maximum Gasteiger partial charge on any atom is 0.146 e. The van der Waals surface area contributed by atoms with E-state index in [1.807, 2.05) is 19.2 Å². The van der Waals surface area contributed by atoms with Crippen LogP contribution in [-0.2, 0) is 22.5 Å². The molecule has 1 aromatic heterocycles. The van der Waals surface area contributed by atoms with Crippen LogP contribution in [0.3, 0.4) is 0 Å². The van der Waals surface area contributed by atoms with Crippen LogP contribution in [0.25, 0.3) is 0 Å². The van der Waals surface area contributed by atoms with E-state index in [1.54, 1.807) is 7.11 Å². The van der Waals surface area contributed by atoms with Gasteiger partial charge in [-0.15, -0.1) is 11.8 Å². The number of aryl methyl sites for hydroxylation is 1. The van der Waals surface area contributed by atoms with Gasteiger partial charge in [0.05, 0.1) is 12.2 Å². The molecule has 5 heteroatoms. The molecule has 1 rings (SSSR count). The van der Waals surface area contributed by atoms with Gasteiger partial charge in [0.25, 0.3) is 0 Å². The van der Waals surface area contributed by atoms with Crippen LogP contribution in [-0.4, -0.2) is 25.1 Å². The third-order valence-electron chi connectivity index (χ3n) is 2.26. The Kier molecular flexibility index (Phi) is 5.98. The number of aromatic nitrogens is 1. The number of rotatable bonds is 6. The number of nitrogens with zero attached hydrogens (tertiary/aromatic N) is 2. The van der Waals surface area contributed by atoms with Gasteiger partial charge in [0.2, 0.25) is 0 Å². The maximum atomic E-state index is 9.04. The summed E-state index contributed by atoms with van der Waals surface area (Å²) in [6, 6.07) is 4.01. The number of nitriles is 1. The molecule has 0 N–H and O–H groups in total. The fourth-order valence-corrected chi connectivity index (χ4v) is 2.00. The highest BCUT2D eigenvalue weighted by atomic mass is 32.2. The molecule has 0 fully saturated rings. The summed E-state index contributed by atoms with van der Waals surface area (Å²) in [6.07, 6.45) is 2.74. The molecule has 4 nitrogen and oxygen atoms in total. The van der Waals surface area contributed by atoms with Crippen LogP contribution >= 0.6 is 11.8 Å². The summed E-state index contributed by atoms with van der Waals surface area (Å²) >= 11 is 1.49. The number of hydrogen-bond acceptors (Lipinski definition) is 5. The number of methoxy groups -OCH3 is 1. The van der Waals surface area contributed by atoms with E-state index in [2.05, 4.69) is 11.1 Å². The van der Waals surface area contributed by atoms with Crippen molar-refractivity contribution < 1.29 is 9.47 Å². The van der Waals surface area contributed by atoms with Crippen molar-refractivity contribution in [3.63, 3.8) is 0 Å². The van der Waals surface area contributed by atoms with Gasteiger partial charge in [-0.05, 0) is 18.7 Å². The molecule has 0 spiro atoms. The van der Waals surface area contributed by atoms with Crippen molar-refractivity contribution in [3.8, 4) is 6.07 Å². The summed E-state index contributed by atoms with van der Waals surface area (Å²) < 4.78 is 10.1. The van der Waals surface area contributed by atoms with E-state index in [-0.39, 0.29) is 6.79 Å². The number of thioether (sulfide) groups is 1. The third-order valence-corrected chi connectivity index (χ3v) is 2.96. The average molecular weight is 252 g/mol. The molecule has 0 amide bonds. The summed E-state index contributed by atoms with van der Waals surface area (Å²) in [6.45, 7) is 2.71. The lowest BCUT2D eigenvalue weighted by Crippen LogP contribution is -2.04. The summed E-state index contributed by atoms with van der Waals surface area (Å²) in [7, 11) is 1.58. The van der Waals surface area contributed by atoms with Gasteiger partial charge in [-0.25, -0.2) is 4.98 Å². The molecule has 0 aliphatic heterocycles. The Morgan fingerprint density at radius 2 is 2.29 bits per heavy atom. The van der Waals surface area contributed by atoms with Gasteiger partial charge in [0, 0.05) is 18.4 Å². The molecule has 0 aliphatic carbocycles. The number of pyridine rings is 1.